The second kappa shape index (κ2) is 4.57. The Morgan fingerprint density at radius 2 is 2.13 bits per heavy atom. The van der Waals surface area contributed by atoms with E-state index in [2.05, 4.69) is 11.2 Å². The molecule has 0 unspecified atom stereocenters. The van der Waals surface area contributed by atoms with Gasteiger partial charge in [-0.25, -0.2) is 4.79 Å². The Morgan fingerprint density at radius 3 is 2.60 bits per heavy atom. The van der Waals surface area contributed by atoms with E-state index in [1.807, 2.05) is 0 Å². The Balaban J connectivity index is 1.78. The Labute approximate surface area is 91.2 Å². The number of carbonyl (C=O) groups is 1. The monoisotopic (exact) mass is 206 g/mol. The SMILES string of the molecule is C#CCN(CC1CC1)C(=O)NC1CCC1. The van der Waals surface area contributed by atoms with Crippen molar-refractivity contribution in [2.75, 3.05) is 13.1 Å². The summed E-state index contributed by atoms with van der Waals surface area (Å²) in [5, 5.41) is 3.03. The summed E-state index contributed by atoms with van der Waals surface area (Å²) in [5.74, 6) is 3.26. The van der Waals surface area contributed by atoms with Crippen molar-refractivity contribution >= 4 is 6.03 Å². The van der Waals surface area contributed by atoms with E-state index in [0.29, 0.717) is 18.5 Å². The summed E-state index contributed by atoms with van der Waals surface area (Å²) in [6.07, 6.45) is 11.3. The van der Waals surface area contributed by atoms with Crippen LogP contribution in [-0.2, 0) is 0 Å². The van der Waals surface area contributed by atoms with E-state index in [9.17, 15) is 4.79 Å². The van der Waals surface area contributed by atoms with Crippen LogP contribution in [0.1, 0.15) is 32.1 Å². The first-order valence-corrected chi connectivity index (χ1v) is 5.78. The van der Waals surface area contributed by atoms with Crippen LogP contribution in [0.4, 0.5) is 4.79 Å². The van der Waals surface area contributed by atoms with Crippen molar-refractivity contribution in [1.82, 2.24) is 10.2 Å². The van der Waals surface area contributed by atoms with E-state index >= 15 is 0 Å². The fourth-order valence-electron chi connectivity index (χ4n) is 1.76. The molecule has 1 N–H and O–H groups in total. The molecule has 0 aromatic heterocycles. The van der Waals surface area contributed by atoms with Crippen LogP contribution < -0.4 is 5.32 Å². The van der Waals surface area contributed by atoms with Gasteiger partial charge in [0.25, 0.3) is 0 Å². The lowest BCUT2D eigenvalue weighted by Crippen LogP contribution is -2.48. The molecule has 2 saturated carbocycles. The molecule has 0 radical (unpaired) electrons. The van der Waals surface area contributed by atoms with Gasteiger partial charge in [0.1, 0.15) is 0 Å². The first-order valence-electron chi connectivity index (χ1n) is 5.78. The van der Waals surface area contributed by atoms with Crippen molar-refractivity contribution in [3.8, 4) is 12.3 Å². The quantitative estimate of drug-likeness (QED) is 0.696. The smallest absolute Gasteiger partial charge is 0.318 e. The summed E-state index contributed by atoms with van der Waals surface area (Å²) in [4.78, 5) is 13.6. The number of amides is 2. The molecule has 2 amide bonds. The average molecular weight is 206 g/mol. The zero-order valence-electron chi connectivity index (χ0n) is 9.04. The van der Waals surface area contributed by atoms with Gasteiger partial charge in [-0.15, -0.1) is 6.42 Å². The van der Waals surface area contributed by atoms with Gasteiger partial charge < -0.3 is 10.2 Å². The summed E-state index contributed by atoms with van der Waals surface area (Å²) in [6.45, 7) is 1.28. The Kier molecular flexibility index (Phi) is 3.15. The van der Waals surface area contributed by atoms with Crippen LogP contribution in [0.2, 0.25) is 0 Å². The Bertz CT molecular complexity index is 274. The molecule has 2 fully saturated rings. The summed E-state index contributed by atoms with van der Waals surface area (Å²) in [5.41, 5.74) is 0. The molecule has 15 heavy (non-hydrogen) atoms. The zero-order valence-corrected chi connectivity index (χ0v) is 9.04. The van der Waals surface area contributed by atoms with Gasteiger partial charge in [0.15, 0.2) is 0 Å². The highest BCUT2D eigenvalue weighted by Crippen LogP contribution is 2.29. The van der Waals surface area contributed by atoms with Crippen LogP contribution in [0.25, 0.3) is 0 Å². The molecular weight excluding hydrogens is 188 g/mol. The normalized spacial score (nSPS) is 20.2. The molecule has 3 heteroatoms. The molecule has 0 heterocycles. The third-order valence-electron chi connectivity index (χ3n) is 3.18. The molecule has 2 rings (SSSR count). The van der Waals surface area contributed by atoms with Gasteiger partial charge in [-0.3, -0.25) is 0 Å². The third-order valence-corrected chi connectivity index (χ3v) is 3.18. The molecule has 3 nitrogen and oxygen atoms in total. The molecule has 2 aliphatic carbocycles. The molecule has 82 valence electrons. The number of nitrogens with one attached hydrogen (secondary N) is 1. The van der Waals surface area contributed by atoms with Crippen LogP contribution >= 0.6 is 0 Å². The molecule has 0 aliphatic heterocycles. The van der Waals surface area contributed by atoms with Crippen molar-refractivity contribution in [1.29, 1.82) is 0 Å². The second-order valence-corrected chi connectivity index (χ2v) is 4.61. The summed E-state index contributed by atoms with van der Waals surface area (Å²) < 4.78 is 0. The first-order chi connectivity index (χ1) is 7.29. The third kappa shape index (κ3) is 2.89. The molecular formula is C12H18N2O. The van der Waals surface area contributed by atoms with Crippen molar-refractivity contribution in [2.24, 2.45) is 5.92 Å². The highest BCUT2D eigenvalue weighted by molar-refractivity contribution is 5.75. The van der Waals surface area contributed by atoms with Crippen LogP contribution in [0, 0.1) is 18.3 Å². The molecule has 0 aromatic carbocycles. The number of carbonyl (C=O) groups excluding carboxylic acids is 1. The predicted octanol–water partition coefficient (Wildman–Crippen LogP) is 1.59. The fraction of sp³-hybridized carbons (Fsp3) is 0.750. The minimum Gasteiger partial charge on any atom is -0.335 e. The highest BCUT2D eigenvalue weighted by atomic mass is 16.2. The maximum atomic E-state index is 11.8. The zero-order chi connectivity index (χ0) is 10.7. The van der Waals surface area contributed by atoms with Crippen LogP contribution in [0.5, 0.6) is 0 Å². The number of nitrogens with zero attached hydrogens (tertiary/aromatic N) is 1. The Morgan fingerprint density at radius 1 is 1.40 bits per heavy atom. The van der Waals surface area contributed by atoms with Gasteiger partial charge in [0.2, 0.25) is 0 Å². The summed E-state index contributed by atoms with van der Waals surface area (Å²) in [6, 6.07) is 0.432. The molecule has 0 saturated heterocycles. The average Bonchev–Trinajstić information content (AvgIpc) is 2.94. The van der Waals surface area contributed by atoms with E-state index in [4.69, 9.17) is 6.42 Å². The lowest BCUT2D eigenvalue weighted by Gasteiger charge is -2.30. The van der Waals surface area contributed by atoms with Crippen molar-refractivity contribution < 1.29 is 4.79 Å². The van der Waals surface area contributed by atoms with Crippen molar-refractivity contribution in [3.05, 3.63) is 0 Å². The van der Waals surface area contributed by atoms with Gasteiger partial charge in [0.05, 0.1) is 6.54 Å². The van der Waals surface area contributed by atoms with E-state index in [1.165, 1.54) is 19.3 Å². The largest absolute Gasteiger partial charge is 0.335 e. The van der Waals surface area contributed by atoms with Gasteiger partial charge in [-0.05, 0) is 38.0 Å². The van der Waals surface area contributed by atoms with Crippen LogP contribution in [0.3, 0.4) is 0 Å². The highest BCUT2D eigenvalue weighted by Gasteiger charge is 2.28. The molecule has 2 aliphatic rings. The number of hydrogen-bond acceptors (Lipinski definition) is 1. The van der Waals surface area contributed by atoms with E-state index < -0.39 is 0 Å². The second-order valence-electron chi connectivity index (χ2n) is 4.61. The van der Waals surface area contributed by atoms with E-state index in [1.54, 1.807) is 4.90 Å². The van der Waals surface area contributed by atoms with Crippen molar-refractivity contribution in [2.45, 2.75) is 38.1 Å². The standard InChI is InChI=1S/C12H18N2O/c1-2-8-14(9-10-6-7-10)12(15)13-11-4-3-5-11/h1,10-11H,3-9H2,(H,13,15). The van der Waals surface area contributed by atoms with E-state index in [-0.39, 0.29) is 6.03 Å². The summed E-state index contributed by atoms with van der Waals surface area (Å²) in [7, 11) is 0. The lowest BCUT2D eigenvalue weighted by atomic mass is 9.93. The maximum Gasteiger partial charge on any atom is 0.318 e. The van der Waals surface area contributed by atoms with Gasteiger partial charge in [-0.1, -0.05) is 5.92 Å². The number of terminal acetylenes is 1. The molecule has 0 spiro atoms. The van der Waals surface area contributed by atoms with Crippen molar-refractivity contribution in [3.63, 3.8) is 0 Å². The first kappa shape index (κ1) is 10.4. The molecule has 0 bridgehead atoms. The lowest BCUT2D eigenvalue weighted by molar-refractivity contribution is 0.190. The van der Waals surface area contributed by atoms with Crippen LogP contribution in [-0.4, -0.2) is 30.1 Å². The molecule has 0 aromatic rings. The summed E-state index contributed by atoms with van der Waals surface area (Å²) >= 11 is 0. The van der Waals surface area contributed by atoms with Gasteiger partial charge in [-0.2, -0.15) is 0 Å². The predicted molar refractivity (Wildman–Crippen MR) is 59.3 cm³/mol. The maximum absolute atomic E-state index is 11.8. The number of rotatable bonds is 4. The van der Waals surface area contributed by atoms with Crippen LogP contribution in [0.15, 0.2) is 0 Å². The molecule has 0 atom stereocenters. The topological polar surface area (TPSA) is 32.3 Å². The van der Waals surface area contributed by atoms with Gasteiger partial charge in [0, 0.05) is 12.6 Å². The number of hydrogen-bond donors (Lipinski definition) is 1. The minimum atomic E-state index is 0.0320. The van der Waals surface area contributed by atoms with Gasteiger partial charge >= 0.3 is 6.03 Å². The number of urea groups is 1. The minimum absolute atomic E-state index is 0.0320. The van der Waals surface area contributed by atoms with E-state index in [0.717, 1.165) is 19.4 Å². The Hall–Kier alpha value is -1.17. The fourth-order valence-corrected chi connectivity index (χ4v) is 1.76.